The molecule has 2 rings (SSSR count). The van der Waals surface area contributed by atoms with Gasteiger partial charge in [-0.15, -0.1) is 0 Å². The monoisotopic (exact) mass is 262 g/mol. The number of hydrogen-bond acceptors (Lipinski definition) is 2. The molecule has 1 aliphatic rings. The van der Waals surface area contributed by atoms with Crippen LogP contribution < -0.4 is 10.2 Å². The highest BCUT2D eigenvalue weighted by atomic mass is 16.4. The summed E-state index contributed by atoms with van der Waals surface area (Å²) in [5, 5.41) is 11.7. The number of nitrogens with one attached hydrogen (secondary N) is 1. The van der Waals surface area contributed by atoms with Crippen LogP contribution in [0.3, 0.4) is 0 Å². The summed E-state index contributed by atoms with van der Waals surface area (Å²) < 4.78 is 0. The minimum absolute atomic E-state index is 0.333. The van der Waals surface area contributed by atoms with Gasteiger partial charge in [0.05, 0.1) is 0 Å². The van der Waals surface area contributed by atoms with Crippen molar-refractivity contribution in [2.24, 2.45) is 5.92 Å². The third kappa shape index (κ3) is 3.71. The minimum Gasteiger partial charge on any atom is -0.480 e. The van der Waals surface area contributed by atoms with Crippen molar-refractivity contribution in [1.82, 2.24) is 5.32 Å². The number of carboxylic acids is 1. The summed E-state index contributed by atoms with van der Waals surface area (Å²) in [6.07, 6.45) is 3.51. The molecular formula is C14H18N2O3. The van der Waals surface area contributed by atoms with E-state index in [9.17, 15) is 9.59 Å². The van der Waals surface area contributed by atoms with Crippen molar-refractivity contribution in [1.29, 1.82) is 0 Å². The second-order valence-corrected chi connectivity index (χ2v) is 4.80. The summed E-state index contributed by atoms with van der Waals surface area (Å²) in [5.74, 6) is -0.478. The molecule has 0 heterocycles. The van der Waals surface area contributed by atoms with Gasteiger partial charge in [0, 0.05) is 12.2 Å². The molecule has 0 aromatic heterocycles. The number of para-hydroxylation sites is 1. The van der Waals surface area contributed by atoms with Crippen LogP contribution in [0, 0.1) is 5.92 Å². The smallest absolute Gasteiger partial charge is 0.323 e. The van der Waals surface area contributed by atoms with Crippen molar-refractivity contribution < 1.29 is 14.7 Å². The summed E-state index contributed by atoms with van der Waals surface area (Å²) in [6, 6.07) is 8.50. The van der Waals surface area contributed by atoms with Gasteiger partial charge in [0.25, 0.3) is 0 Å². The Morgan fingerprint density at radius 1 is 1.26 bits per heavy atom. The molecule has 1 saturated carbocycles. The van der Waals surface area contributed by atoms with E-state index in [1.54, 1.807) is 24.3 Å². The third-order valence-electron chi connectivity index (χ3n) is 3.37. The van der Waals surface area contributed by atoms with Gasteiger partial charge >= 0.3 is 12.0 Å². The van der Waals surface area contributed by atoms with Crippen LogP contribution in [-0.4, -0.2) is 30.2 Å². The number of urea groups is 1. The molecule has 0 saturated heterocycles. The molecule has 1 aromatic rings. The Balaban J connectivity index is 1.99. The van der Waals surface area contributed by atoms with Crippen LogP contribution in [0.4, 0.5) is 10.5 Å². The van der Waals surface area contributed by atoms with E-state index in [1.165, 1.54) is 11.3 Å². The molecule has 2 N–H and O–H groups in total. The van der Waals surface area contributed by atoms with Gasteiger partial charge in [-0.1, -0.05) is 24.6 Å². The van der Waals surface area contributed by atoms with E-state index in [0.29, 0.717) is 18.2 Å². The average molecular weight is 262 g/mol. The summed E-state index contributed by atoms with van der Waals surface area (Å²) in [7, 11) is 0. The van der Waals surface area contributed by atoms with Crippen LogP contribution in [0.15, 0.2) is 30.3 Å². The van der Waals surface area contributed by atoms with E-state index >= 15 is 0 Å². The number of benzene rings is 1. The highest BCUT2D eigenvalue weighted by Gasteiger charge is 2.22. The number of hydrogen-bond donors (Lipinski definition) is 2. The first kappa shape index (κ1) is 13.4. The predicted octanol–water partition coefficient (Wildman–Crippen LogP) is 2.09. The lowest BCUT2D eigenvalue weighted by atomic mass is 9.85. The molecule has 0 bridgehead atoms. The van der Waals surface area contributed by atoms with E-state index in [1.807, 2.05) is 6.07 Å². The lowest BCUT2D eigenvalue weighted by Gasteiger charge is -2.27. The fourth-order valence-electron chi connectivity index (χ4n) is 2.05. The molecule has 0 atom stereocenters. The van der Waals surface area contributed by atoms with Gasteiger partial charge < -0.3 is 10.4 Å². The Labute approximate surface area is 112 Å². The van der Waals surface area contributed by atoms with Crippen LogP contribution in [0.5, 0.6) is 0 Å². The molecule has 0 unspecified atom stereocenters. The quantitative estimate of drug-likeness (QED) is 0.853. The molecule has 0 radical (unpaired) electrons. The molecule has 1 aromatic carbocycles. The number of carbonyl (C=O) groups excluding carboxylic acids is 1. The van der Waals surface area contributed by atoms with Gasteiger partial charge in [-0.2, -0.15) is 0 Å². The van der Waals surface area contributed by atoms with Gasteiger partial charge in [-0.25, -0.2) is 4.79 Å². The number of nitrogens with zero attached hydrogens (tertiary/aromatic N) is 1. The Morgan fingerprint density at radius 2 is 1.95 bits per heavy atom. The normalized spacial score (nSPS) is 14.5. The van der Waals surface area contributed by atoms with E-state index in [0.717, 1.165) is 12.8 Å². The first-order valence-corrected chi connectivity index (χ1v) is 6.49. The molecule has 1 fully saturated rings. The van der Waals surface area contributed by atoms with Crippen molar-refractivity contribution >= 4 is 17.7 Å². The third-order valence-corrected chi connectivity index (χ3v) is 3.37. The van der Waals surface area contributed by atoms with Gasteiger partial charge in [0.15, 0.2) is 0 Å². The second kappa shape index (κ2) is 6.22. The maximum atomic E-state index is 12.1. The van der Waals surface area contributed by atoms with Gasteiger partial charge in [0.2, 0.25) is 0 Å². The number of rotatable bonds is 5. The molecule has 2 amide bonds. The number of amides is 2. The highest BCUT2D eigenvalue weighted by molar-refractivity contribution is 5.96. The van der Waals surface area contributed by atoms with Crippen LogP contribution in [0.2, 0.25) is 0 Å². The minimum atomic E-state index is -1.03. The van der Waals surface area contributed by atoms with Crippen molar-refractivity contribution in [3.8, 4) is 0 Å². The van der Waals surface area contributed by atoms with Gasteiger partial charge in [-0.05, 0) is 30.9 Å². The molecule has 102 valence electrons. The van der Waals surface area contributed by atoms with Crippen molar-refractivity contribution in [3.05, 3.63) is 30.3 Å². The lowest BCUT2D eigenvalue weighted by molar-refractivity contribution is -0.135. The van der Waals surface area contributed by atoms with Crippen LogP contribution in [0.25, 0.3) is 0 Å². The zero-order chi connectivity index (χ0) is 13.7. The second-order valence-electron chi connectivity index (χ2n) is 4.80. The molecule has 0 aliphatic heterocycles. The zero-order valence-corrected chi connectivity index (χ0v) is 10.7. The van der Waals surface area contributed by atoms with Crippen LogP contribution in [0.1, 0.15) is 19.3 Å². The molecule has 19 heavy (non-hydrogen) atoms. The van der Waals surface area contributed by atoms with Crippen molar-refractivity contribution in [3.63, 3.8) is 0 Å². The van der Waals surface area contributed by atoms with Crippen LogP contribution >= 0.6 is 0 Å². The molecule has 0 spiro atoms. The molecule has 5 heteroatoms. The Kier molecular flexibility index (Phi) is 4.39. The Morgan fingerprint density at radius 3 is 2.47 bits per heavy atom. The fourth-order valence-corrected chi connectivity index (χ4v) is 2.05. The Hall–Kier alpha value is -2.04. The standard InChI is InChI=1S/C14H18N2O3/c17-13(18)10-16(12-7-2-1-3-8-12)14(19)15-9-11-5-4-6-11/h1-3,7-8,11H,4-6,9-10H2,(H,15,19)(H,17,18). The van der Waals surface area contributed by atoms with Crippen LogP contribution in [-0.2, 0) is 4.79 Å². The Bertz CT molecular complexity index is 443. The summed E-state index contributed by atoms with van der Waals surface area (Å²) in [4.78, 5) is 24.2. The van der Waals surface area contributed by atoms with E-state index in [-0.39, 0.29) is 12.6 Å². The maximum Gasteiger partial charge on any atom is 0.323 e. The summed E-state index contributed by atoms with van der Waals surface area (Å²) >= 11 is 0. The number of aliphatic carboxylic acids is 1. The zero-order valence-electron chi connectivity index (χ0n) is 10.7. The van der Waals surface area contributed by atoms with Crippen molar-refractivity contribution in [2.45, 2.75) is 19.3 Å². The molecular weight excluding hydrogens is 244 g/mol. The largest absolute Gasteiger partial charge is 0.480 e. The van der Waals surface area contributed by atoms with Crippen molar-refractivity contribution in [2.75, 3.05) is 18.0 Å². The van der Waals surface area contributed by atoms with E-state index in [4.69, 9.17) is 5.11 Å². The first-order chi connectivity index (χ1) is 9.16. The lowest BCUT2D eigenvalue weighted by Crippen LogP contribution is -2.45. The van der Waals surface area contributed by atoms with E-state index in [2.05, 4.69) is 5.32 Å². The topological polar surface area (TPSA) is 69.6 Å². The first-order valence-electron chi connectivity index (χ1n) is 6.49. The fraction of sp³-hybridized carbons (Fsp3) is 0.429. The SMILES string of the molecule is O=C(O)CN(C(=O)NCC1CCC1)c1ccccc1. The number of anilines is 1. The maximum absolute atomic E-state index is 12.1. The molecule has 1 aliphatic carbocycles. The van der Waals surface area contributed by atoms with Gasteiger partial charge in [-0.3, -0.25) is 9.69 Å². The number of carbonyl (C=O) groups is 2. The summed E-state index contributed by atoms with van der Waals surface area (Å²) in [6.45, 7) is 0.294. The van der Waals surface area contributed by atoms with Gasteiger partial charge in [0.1, 0.15) is 6.54 Å². The number of carboxylic acid groups (broad SMARTS) is 1. The average Bonchev–Trinajstić information content (AvgIpc) is 2.34. The summed E-state index contributed by atoms with van der Waals surface area (Å²) in [5.41, 5.74) is 0.594. The predicted molar refractivity (Wildman–Crippen MR) is 72.2 cm³/mol. The van der Waals surface area contributed by atoms with E-state index < -0.39 is 5.97 Å². The highest BCUT2D eigenvalue weighted by Crippen LogP contribution is 2.25. The molecule has 5 nitrogen and oxygen atoms in total.